The SMILES string of the molecule is CC(C)=C/C=C(\Cl)c1ccc(C(F)(F)F)cc1. The highest BCUT2D eigenvalue weighted by atomic mass is 35.5. The molecule has 1 rings (SSSR count). The van der Waals surface area contributed by atoms with Gasteiger partial charge in [-0.15, -0.1) is 0 Å². The highest BCUT2D eigenvalue weighted by molar-refractivity contribution is 6.48. The molecule has 0 amide bonds. The first-order valence-electron chi connectivity index (χ1n) is 4.99. The Balaban J connectivity index is 2.96. The Hall–Kier alpha value is -1.22. The van der Waals surface area contributed by atoms with E-state index in [0.29, 0.717) is 10.6 Å². The van der Waals surface area contributed by atoms with E-state index in [4.69, 9.17) is 11.6 Å². The maximum Gasteiger partial charge on any atom is 0.416 e. The van der Waals surface area contributed by atoms with E-state index in [1.54, 1.807) is 12.2 Å². The van der Waals surface area contributed by atoms with Gasteiger partial charge in [0.1, 0.15) is 0 Å². The van der Waals surface area contributed by atoms with Crippen LogP contribution >= 0.6 is 11.6 Å². The van der Waals surface area contributed by atoms with Crippen molar-refractivity contribution in [2.75, 3.05) is 0 Å². The van der Waals surface area contributed by atoms with Gasteiger partial charge in [0, 0.05) is 5.03 Å². The average molecular weight is 261 g/mol. The maximum atomic E-state index is 12.3. The predicted octanol–water partition coefficient (Wildman–Crippen LogP) is 5.25. The number of rotatable bonds is 2. The molecule has 0 unspecified atom stereocenters. The smallest absolute Gasteiger partial charge is 0.166 e. The zero-order valence-corrected chi connectivity index (χ0v) is 10.2. The lowest BCUT2D eigenvalue weighted by Crippen LogP contribution is -2.04. The molecular formula is C13H12ClF3. The summed E-state index contributed by atoms with van der Waals surface area (Å²) in [5.41, 5.74) is 0.958. The van der Waals surface area contributed by atoms with Crippen molar-refractivity contribution in [3.63, 3.8) is 0 Å². The van der Waals surface area contributed by atoms with Crippen LogP contribution in [0.25, 0.3) is 5.03 Å². The third-order valence-corrected chi connectivity index (χ3v) is 2.40. The molecule has 0 spiro atoms. The molecule has 0 radical (unpaired) electrons. The Morgan fingerprint density at radius 2 is 1.59 bits per heavy atom. The summed E-state index contributed by atoms with van der Waals surface area (Å²) < 4.78 is 37.0. The van der Waals surface area contributed by atoms with Crippen LogP contribution in [0.4, 0.5) is 13.2 Å². The molecule has 1 aromatic carbocycles. The van der Waals surface area contributed by atoms with Crippen LogP contribution in [0.5, 0.6) is 0 Å². The van der Waals surface area contributed by atoms with Crippen LogP contribution in [0.2, 0.25) is 0 Å². The molecule has 0 saturated heterocycles. The summed E-state index contributed by atoms with van der Waals surface area (Å²) in [6, 6.07) is 4.77. The van der Waals surface area contributed by atoms with Gasteiger partial charge in [-0.1, -0.05) is 35.4 Å². The van der Waals surface area contributed by atoms with Crippen LogP contribution in [0.15, 0.2) is 42.0 Å². The van der Waals surface area contributed by atoms with Crippen molar-refractivity contribution in [3.8, 4) is 0 Å². The van der Waals surface area contributed by atoms with Gasteiger partial charge in [-0.25, -0.2) is 0 Å². The van der Waals surface area contributed by atoms with Crippen molar-refractivity contribution in [3.05, 3.63) is 53.1 Å². The molecular weight excluding hydrogens is 249 g/mol. The van der Waals surface area contributed by atoms with Gasteiger partial charge in [0.25, 0.3) is 0 Å². The molecule has 0 aliphatic heterocycles. The Labute approximate surface area is 103 Å². The number of hydrogen-bond acceptors (Lipinski definition) is 0. The van der Waals surface area contributed by atoms with Gasteiger partial charge in [0.2, 0.25) is 0 Å². The summed E-state index contributed by atoms with van der Waals surface area (Å²) in [6.45, 7) is 3.82. The monoisotopic (exact) mass is 260 g/mol. The molecule has 92 valence electrons. The van der Waals surface area contributed by atoms with Crippen molar-refractivity contribution < 1.29 is 13.2 Å². The highest BCUT2D eigenvalue weighted by Gasteiger charge is 2.29. The first-order chi connectivity index (χ1) is 7.80. The fourth-order valence-electron chi connectivity index (χ4n) is 1.15. The molecule has 0 aliphatic carbocycles. The van der Waals surface area contributed by atoms with Gasteiger partial charge < -0.3 is 0 Å². The lowest BCUT2D eigenvalue weighted by molar-refractivity contribution is -0.137. The third-order valence-electron chi connectivity index (χ3n) is 2.05. The Morgan fingerprint density at radius 3 is 2.00 bits per heavy atom. The van der Waals surface area contributed by atoms with Gasteiger partial charge in [0.05, 0.1) is 5.56 Å². The lowest BCUT2D eigenvalue weighted by atomic mass is 10.1. The largest absolute Gasteiger partial charge is 0.416 e. The van der Waals surface area contributed by atoms with Crippen molar-refractivity contribution >= 4 is 16.6 Å². The fourth-order valence-corrected chi connectivity index (χ4v) is 1.34. The van der Waals surface area contributed by atoms with E-state index in [0.717, 1.165) is 17.7 Å². The van der Waals surface area contributed by atoms with Crippen LogP contribution < -0.4 is 0 Å². The lowest BCUT2D eigenvalue weighted by Gasteiger charge is -2.06. The number of hydrogen-bond donors (Lipinski definition) is 0. The molecule has 0 N–H and O–H groups in total. The Bertz CT molecular complexity index is 435. The van der Waals surface area contributed by atoms with Crippen LogP contribution in [-0.4, -0.2) is 0 Å². The minimum atomic E-state index is -4.31. The second-order valence-electron chi connectivity index (χ2n) is 3.83. The molecule has 0 nitrogen and oxygen atoms in total. The van der Waals surface area contributed by atoms with Crippen LogP contribution in [0, 0.1) is 0 Å². The summed E-state index contributed by atoms with van der Waals surface area (Å²) in [5, 5.41) is 0.417. The van der Waals surface area contributed by atoms with E-state index in [2.05, 4.69) is 0 Å². The minimum absolute atomic E-state index is 0.417. The number of halogens is 4. The molecule has 0 atom stereocenters. The molecule has 0 fully saturated rings. The van der Waals surface area contributed by atoms with E-state index >= 15 is 0 Å². The molecule has 0 bridgehead atoms. The van der Waals surface area contributed by atoms with Gasteiger partial charge in [0.15, 0.2) is 0 Å². The van der Waals surface area contributed by atoms with E-state index in [-0.39, 0.29) is 0 Å². The van der Waals surface area contributed by atoms with E-state index in [9.17, 15) is 13.2 Å². The number of benzene rings is 1. The summed E-state index contributed by atoms with van der Waals surface area (Å²) in [6.07, 6.45) is -0.839. The van der Waals surface area contributed by atoms with Crippen molar-refractivity contribution in [1.29, 1.82) is 0 Å². The van der Waals surface area contributed by atoms with Crippen LogP contribution in [0.3, 0.4) is 0 Å². The van der Waals surface area contributed by atoms with Crippen LogP contribution in [-0.2, 0) is 6.18 Å². The molecule has 4 heteroatoms. The molecule has 0 heterocycles. The van der Waals surface area contributed by atoms with Crippen molar-refractivity contribution in [2.45, 2.75) is 20.0 Å². The molecule has 1 aromatic rings. The topological polar surface area (TPSA) is 0 Å². The fraction of sp³-hybridized carbons (Fsp3) is 0.231. The Kier molecular flexibility index (Phi) is 4.40. The van der Waals surface area contributed by atoms with Gasteiger partial charge in [-0.3, -0.25) is 0 Å². The molecule has 0 saturated carbocycles. The van der Waals surface area contributed by atoms with E-state index < -0.39 is 11.7 Å². The van der Waals surface area contributed by atoms with Crippen molar-refractivity contribution in [2.24, 2.45) is 0 Å². The molecule has 0 aliphatic rings. The number of allylic oxidation sites excluding steroid dienone is 3. The quantitative estimate of drug-likeness (QED) is 0.637. The second kappa shape index (κ2) is 5.41. The third kappa shape index (κ3) is 4.27. The zero-order chi connectivity index (χ0) is 13.1. The normalized spacial score (nSPS) is 12.5. The number of alkyl halides is 3. The van der Waals surface area contributed by atoms with E-state index in [1.165, 1.54) is 12.1 Å². The first kappa shape index (κ1) is 13.8. The first-order valence-corrected chi connectivity index (χ1v) is 5.37. The van der Waals surface area contributed by atoms with Gasteiger partial charge >= 0.3 is 6.18 Å². The predicted molar refractivity (Wildman–Crippen MR) is 64.7 cm³/mol. The average Bonchev–Trinajstić information content (AvgIpc) is 2.25. The standard InChI is InChI=1S/C13H12ClF3/c1-9(2)3-8-12(14)10-4-6-11(7-5-10)13(15,16)17/h3-8H,1-2H3/b12-8-. The molecule has 0 aromatic heterocycles. The minimum Gasteiger partial charge on any atom is -0.166 e. The summed E-state index contributed by atoms with van der Waals surface area (Å²) in [7, 11) is 0. The Morgan fingerprint density at radius 1 is 1.06 bits per heavy atom. The highest BCUT2D eigenvalue weighted by Crippen LogP contribution is 2.30. The summed E-state index contributed by atoms with van der Waals surface area (Å²) in [4.78, 5) is 0. The van der Waals surface area contributed by atoms with Crippen molar-refractivity contribution in [1.82, 2.24) is 0 Å². The molecule has 17 heavy (non-hydrogen) atoms. The van der Waals surface area contributed by atoms with E-state index in [1.807, 2.05) is 13.8 Å². The van der Waals surface area contributed by atoms with Crippen LogP contribution in [0.1, 0.15) is 25.0 Å². The maximum absolute atomic E-state index is 12.3. The second-order valence-corrected chi connectivity index (χ2v) is 4.24. The summed E-state index contributed by atoms with van der Waals surface area (Å²) >= 11 is 5.95. The van der Waals surface area contributed by atoms with Gasteiger partial charge in [-0.2, -0.15) is 13.2 Å². The zero-order valence-electron chi connectivity index (χ0n) is 9.48. The summed E-state index contributed by atoms with van der Waals surface area (Å²) in [5.74, 6) is 0. The van der Waals surface area contributed by atoms with Gasteiger partial charge in [-0.05, 0) is 37.6 Å².